The summed E-state index contributed by atoms with van der Waals surface area (Å²) in [6, 6.07) is 12.0. The molecule has 1 N–H and O–H groups in total. The third kappa shape index (κ3) is 2.76. The van der Waals surface area contributed by atoms with Gasteiger partial charge in [0.05, 0.1) is 12.1 Å². The van der Waals surface area contributed by atoms with Gasteiger partial charge < -0.3 is 9.63 Å². The molecule has 0 unspecified atom stereocenters. The van der Waals surface area contributed by atoms with Gasteiger partial charge in [-0.05, 0) is 6.42 Å². The molecule has 1 fully saturated rings. The van der Waals surface area contributed by atoms with Crippen LogP contribution >= 0.6 is 0 Å². The molecule has 4 nitrogen and oxygen atoms in total. The van der Waals surface area contributed by atoms with Gasteiger partial charge in [0, 0.05) is 24.7 Å². The highest BCUT2D eigenvalue weighted by Crippen LogP contribution is 2.28. The van der Waals surface area contributed by atoms with Crippen molar-refractivity contribution in [2.75, 3.05) is 13.1 Å². The molecule has 1 aliphatic rings. The topological polar surface area (TPSA) is 49.5 Å². The van der Waals surface area contributed by atoms with E-state index in [2.05, 4.69) is 17.0 Å². The Bertz CT molecular complexity index is 559. The smallest absolute Gasteiger partial charge is 0.151 e. The van der Waals surface area contributed by atoms with Crippen molar-refractivity contribution < 1.29 is 9.63 Å². The summed E-state index contributed by atoms with van der Waals surface area (Å²) >= 11 is 0. The van der Waals surface area contributed by atoms with Crippen molar-refractivity contribution in [3.05, 3.63) is 42.2 Å². The van der Waals surface area contributed by atoms with Crippen molar-refractivity contribution in [1.29, 1.82) is 0 Å². The maximum Gasteiger partial charge on any atom is 0.151 e. The number of β-amino-alcohol motifs (C(OH)–C–C–N with tert-alkyl or cyclic N) is 1. The Labute approximate surface area is 119 Å². The fourth-order valence-corrected chi connectivity index (χ4v) is 2.87. The van der Waals surface area contributed by atoms with E-state index in [0.717, 1.165) is 42.9 Å². The maximum atomic E-state index is 10.2. The van der Waals surface area contributed by atoms with Crippen LogP contribution in [0.25, 0.3) is 11.3 Å². The zero-order valence-corrected chi connectivity index (χ0v) is 11.7. The van der Waals surface area contributed by atoms with Crippen LogP contribution in [0.2, 0.25) is 0 Å². The molecule has 20 heavy (non-hydrogen) atoms. The van der Waals surface area contributed by atoms with Gasteiger partial charge in [-0.2, -0.15) is 0 Å². The van der Waals surface area contributed by atoms with Crippen LogP contribution in [0.3, 0.4) is 0 Å². The van der Waals surface area contributed by atoms with E-state index < -0.39 is 5.60 Å². The Balaban J connectivity index is 1.59. The molecule has 1 saturated heterocycles. The summed E-state index contributed by atoms with van der Waals surface area (Å²) in [7, 11) is 0. The molecule has 106 valence electrons. The third-order valence-electron chi connectivity index (χ3n) is 3.76. The second kappa shape index (κ2) is 5.38. The molecular formula is C16H20N2O2. The molecule has 0 saturated carbocycles. The number of hydrogen-bond donors (Lipinski definition) is 1. The van der Waals surface area contributed by atoms with Crippen LogP contribution < -0.4 is 0 Å². The fraction of sp³-hybridized carbons (Fsp3) is 0.438. The van der Waals surface area contributed by atoms with Gasteiger partial charge in [0.25, 0.3) is 0 Å². The number of aromatic nitrogens is 1. The van der Waals surface area contributed by atoms with Crippen LogP contribution in [0.15, 0.2) is 40.9 Å². The van der Waals surface area contributed by atoms with Crippen molar-refractivity contribution in [1.82, 2.24) is 10.1 Å². The maximum absolute atomic E-state index is 10.2. The molecule has 3 rings (SSSR count). The molecule has 0 radical (unpaired) electrons. The third-order valence-corrected chi connectivity index (χ3v) is 3.76. The summed E-state index contributed by atoms with van der Waals surface area (Å²) in [6.45, 7) is 4.26. The lowest BCUT2D eigenvalue weighted by atomic mass is 9.89. The van der Waals surface area contributed by atoms with Crippen LogP contribution in [0.5, 0.6) is 0 Å². The zero-order valence-electron chi connectivity index (χ0n) is 11.7. The Morgan fingerprint density at radius 2 is 2.05 bits per heavy atom. The molecule has 0 bridgehead atoms. The lowest BCUT2D eigenvalue weighted by Crippen LogP contribution is -2.60. The highest BCUT2D eigenvalue weighted by molar-refractivity contribution is 5.58. The average Bonchev–Trinajstić information content (AvgIpc) is 2.87. The van der Waals surface area contributed by atoms with Crippen molar-refractivity contribution in [2.24, 2.45) is 0 Å². The quantitative estimate of drug-likeness (QED) is 0.909. The minimum absolute atomic E-state index is 0.489. The second-order valence-corrected chi connectivity index (χ2v) is 5.66. The molecule has 2 aromatic rings. The Kier molecular flexibility index (Phi) is 3.59. The summed E-state index contributed by atoms with van der Waals surface area (Å²) in [5.41, 5.74) is 1.44. The molecule has 0 spiro atoms. The molecule has 1 aromatic carbocycles. The van der Waals surface area contributed by atoms with E-state index in [1.165, 1.54) is 0 Å². The van der Waals surface area contributed by atoms with Crippen molar-refractivity contribution in [2.45, 2.75) is 31.9 Å². The van der Waals surface area contributed by atoms with Crippen molar-refractivity contribution in [3.8, 4) is 11.3 Å². The van der Waals surface area contributed by atoms with Gasteiger partial charge in [0.2, 0.25) is 0 Å². The van der Waals surface area contributed by atoms with Crippen LogP contribution in [0.4, 0.5) is 0 Å². The highest BCUT2D eigenvalue weighted by atomic mass is 16.5. The predicted molar refractivity (Wildman–Crippen MR) is 77.1 cm³/mol. The van der Waals surface area contributed by atoms with Gasteiger partial charge in [0.1, 0.15) is 5.69 Å². The Hall–Kier alpha value is -1.65. The van der Waals surface area contributed by atoms with E-state index >= 15 is 0 Å². The number of likely N-dealkylation sites (tertiary alicyclic amines) is 1. The summed E-state index contributed by atoms with van der Waals surface area (Å²) < 4.78 is 5.38. The number of aliphatic hydroxyl groups is 1. The first-order valence-electron chi connectivity index (χ1n) is 7.14. The first-order chi connectivity index (χ1) is 9.68. The molecule has 1 aliphatic heterocycles. The monoisotopic (exact) mass is 272 g/mol. The minimum Gasteiger partial charge on any atom is -0.387 e. The SMILES string of the molecule is CCCC1(O)CN(Cc2cc(-c3ccccc3)no2)C1. The largest absolute Gasteiger partial charge is 0.387 e. The fourth-order valence-electron chi connectivity index (χ4n) is 2.87. The van der Waals surface area contributed by atoms with Crippen LogP contribution in [0.1, 0.15) is 25.5 Å². The molecule has 0 amide bonds. The standard InChI is InChI=1S/C16H20N2O2/c1-2-8-16(19)11-18(12-16)10-14-9-15(17-20-14)13-6-4-3-5-7-13/h3-7,9,19H,2,8,10-12H2,1H3. The van der Waals surface area contributed by atoms with E-state index in [9.17, 15) is 5.11 Å². The van der Waals surface area contributed by atoms with Crippen LogP contribution in [-0.4, -0.2) is 33.9 Å². The van der Waals surface area contributed by atoms with Crippen LogP contribution in [0, 0.1) is 0 Å². The summed E-state index contributed by atoms with van der Waals surface area (Å²) in [6.07, 6.45) is 1.89. The van der Waals surface area contributed by atoms with E-state index in [4.69, 9.17) is 4.52 Å². The number of nitrogens with zero attached hydrogens (tertiary/aromatic N) is 2. The summed E-state index contributed by atoms with van der Waals surface area (Å²) in [5.74, 6) is 0.849. The van der Waals surface area contributed by atoms with Gasteiger partial charge in [0.15, 0.2) is 5.76 Å². The number of benzene rings is 1. The van der Waals surface area contributed by atoms with Crippen LogP contribution in [-0.2, 0) is 6.54 Å². The highest BCUT2D eigenvalue weighted by Gasteiger charge is 2.40. The first-order valence-corrected chi connectivity index (χ1v) is 7.14. The lowest BCUT2D eigenvalue weighted by molar-refractivity contribution is -0.108. The zero-order chi connectivity index (χ0) is 14.0. The number of hydrogen-bond acceptors (Lipinski definition) is 4. The van der Waals surface area contributed by atoms with Gasteiger partial charge >= 0.3 is 0 Å². The number of rotatable bonds is 5. The average molecular weight is 272 g/mol. The van der Waals surface area contributed by atoms with Crippen molar-refractivity contribution >= 4 is 0 Å². The van der Waals surface area contributed by atoms with E-state index in [1.807, 2.05) is 36.4 Å². The molecule has 0 aliphatic carbocycles. The summed E-state index contributed by atoms with van der Waals surface area (Å²) in [5, 5.41) is 14.3. The minimum atomic E-state index is -0.489. The van der Waals surface area contributed by atoms with Crippen molar-refractivity contribution in [3.63, 3.8) is 0 Å². The molecule has 2 heterocycles. The van der Waals surface area contributed by atoms with E-state index in [1.54, 1.807) is 0 Å². The van der Waals surface area contributed by atoms with E-state index in [-0.39, 0.29) is 0 Å². The molecule has 4 heteroatoms. The van der Waals surface area contributed by atoms with E-state index in [0.29, 0.717) is 6.54 Å². The first kappa shape index (κ1) is 13.3. The van der Waals surface area contributed by atoms with Gasteiger partial charge in [-0.15, -0.1) is 0 Å². The predicted octanol–water partition coefficient (Wildman–Crippen LogP) is 2.69. The van der Waals surface area contributed by atoms with Gasteiger partial charge in [-0.1, -0.05) is 48.8 Å². The molecular weight excluding hydrogens is 252 g/mol. The Morgan fingerprint density at radius 3 is 2.75 bits per heavy atom. The second-order valence-electron chi connectivity index (χ2n) is 5.66. The van der Waals surface area contributed by atoms with Gasteiger partial charge in [-0.3, -0.25) is 4.90 Å². The Morgan fingerprint density at radius 1 is 1.30 bits per heavy atom. The molecule has 0 atom stereocenters. The summed E-state index contributed by atoms with van der Waals surface area (Å²) in [4.78, 5) is 2.19. The normalized spacial score (nSPS) is 17.9. The lowest BCUT2D eigenvalue weighted by Gasteiger charge is -2.46. The van der Waals surface area contributed by atoms with Gasteiger partial charge in [-0.25, -0.2) is 0 Å². The molecule has 1 aromatic heterocycles.